The number of hydrogen-bond donors (Lipinski definition) is 1. The van der Waals surface area contributed by atoms with Gasteiger partial charge >= 0.3 is 0 Å². The second-order valence-electron chi connectivity index (χ2n) is 5.26. The Labute approximate surface area is 161 Å². The normalized spacial score (nSPS) is 15.4. The molecule has 2 aromatic rings. The molecule has 0 spiro atoms. The van der Waals surface area contributed by atoms with Crippen LogP contribution in [0.5, 0.6) is 5.75 Å². The van der Waals surface area contributed by atoms with E-state index in [0.29, 0.717) is 0 Å². The zero-order valence-corrected chi connectivity index (χ0v) is 14.9. The third kappa shape index (κ3) is 3.50. The molecule has 136 valence electrons. The van der Waals surface area contributed by atoms with Crippen LogP contribution in [-0.4, -0.2) is 25.2 Å². The van der Waals surface area contributed by atoms with Crippen molar-refractivity contribution in [1.29, 1.82) is 0 Å². The molecule has 1 saturated heterocycles. The molecule has 1 aliphatic heterocycles. The Morgan fingerprint density at radius 2 is 1.81 bits per heavy atom. The summed E-state index contributed by atoms with van der Waals surface area (Å²) < 4.78 is 0.0745. The van der Waals surface area contributed by atoms with Crippen molar-refractivity contribution in [2.24, 2.45) is 0 Å². The number of carbonyl (C=O) groups is 1. The predicted molar refractivity (Wildman–Crippen MR) is 104 cm³/mol. The highest BCUT2D eigenvalue weighted by Crippen LogP contribution is 2.40. The summed E-state index contributed by atoms with van der Waals surface area (Å²) in [6.45, 7) is 0. The van der Waals surface area contributed by atoms with E-state index in [2.05, 4.69) is 0 Å². The van der Waals surface area contributed by atoms with Crippen molar-refractivity contribution >= 4 is 57.3 Å². The van der Waals surface area contributed by atoms with E-state index in [4.69, 9.17) is 12.2 Å². The van der Waals surface area contributed by atoms with E-state index >= 15 is 0 Å². The Morgan fingerprint density at radius 3 is 2.48 bits per heavy atom. The van der Waals surface area contributed by atoms with Crippen LogP contribution in [0.25, 0.3) is 6.08 Å². The van der Waals surface area contributed by atoms with E-state index in [1.54, 1.807) is 0 Å². The van der Waals surface area contributed by atoms with Crippen molar-refractivity contribution in [3.8, 4) is 5.75 Å². The number of para-hydroxylation sites is 2. The van der Waals surface area contributed by atoms with Gasteiger partial charge in [-0.15, -0.1) is 0 Å². The molecule has 3 rings (SSSR count). The van der Waals surface area contributed by atoms with E-state index in [9.17, 15) is 30.1 Å². The lowest BCUT2D eigenvalue weighted by Gasteiger charge is -2.14. The minimum Gasteiger partial charge on any atom is -0.507 e. The molecule has 1 amide bonds. The Hall–Kier alpha value is -3.31. The zero-order valence-electron chi connectivity index (χ0n) is 13.3. The molecule has 11 heteroatoms. The van der Waals surface area contributed by atoms with Crippen LogP contribution in [0, 0.1) is 20.2 Å². The topological polar surface area (TPSA) is 127 Å². The number of nitro groups is 2. The Bertz CT molecular complexity index is 1040. The Kier molecular flexibility index (Phi) is 4.88. The second kappa shape index (κ2) is 7.13. The number of thioether (sulfide) groups is 1. The summed E-state index contributed by atoms with van der Waals surface area (Å²) in [4.78, 5) is 34.7. The average molecular weight is 403 g/mol. The number of carbonyl (C=O) groups excluding carboxylic acids is 1. The number of benzene rings is 2. The molecular weight excluding hydrogens is 394 g/mol. The summed E-state index contributed by atoms with van der Waals surface area (Å²) in [5, 5.41) is 32.0. The van der Waals surface area contributed by atoms with Gasteiger partial charge in [0, 0.05) is 23.8 Å². The van der Waals surface area contributed by atoms with Gasteiger partial charge in [-0.05, 0) is 18.2 Å². The van der Waals surface area contributed by atoms with Gasteiger partial charge in [0.2, 0.25) is 0 Å². The maximum absolute atomic E-state index is 12.7. The van der Waals surface area contributed by atoms with Crippen molar-refractivity contribution in [2.75, 3.05) is 4.90 Å². The molecule has 0 radical (unpaired) electrons. The maximum Gasteiger partial charge on any atom is 0.293 e. The third-order valence-corrected chi connectivity index (χ3v) is 4.92. The third-order valence-electron chi connectivity index (χ3n) is 3.62. The number of nitro benzene ring substituents is 2. The average Bonchev–Trinajstić information content (AvgIpc) is 2.90. The molecule has 2 aromatic carbocycles. The summed E-state index contributed by atoms with van der Waals surface area (Å²) in [5.74, 6) is -0.873. The van der Waals surface area contributed by atoms with Crippen molar-refractivity contribution in [2.45, 2.75) is 0 Å². The first-order valence-corrected chi connectivity index (χ1v) is 8.51. The zero-order chi connectivity index (χ0) is 19.7. The molecule has 9 nitrogen and oxygen atoms in total. The largest absolute Gasteiger partial charge is 0.507 e. The van der Waals surface area contributed by atoms with Gasteiger partial charge in [0.15, 0.2) is 4.32 Å². The SMILES string of the molecule is O=C1/C(=C/c2cc([N+](=O)[O-])ccc2O)SC(=S)N1c1ccccc1[N+](=O)[O-]. The van der Waals surface area contributed by atoms with Crippen LogP contribution >= 0.6 is 24.0 Å². The summed E-state index contributed by atoms with van der Waals surface area (Å²) in [6.07, 6.45) is 1.26. The molecular formula is C16H9N3O6S2. The number of amides is 1. The van der Waals surface area contributed by atoms with Crippen LogP contribution in [0.2, 0.25) is 0 Å². The van der Waals surface area contributed by atoms with Crippen molar-refractivity contribution < 1.29 is 19.7 Å². The van der Waals surface area contributed by atoms with E-state index in [1.165, 1.54) is 30.3 Å². The van der Waals surface area contributed by atoms with Crippen LogP contribution in [0.1, 0.15) is 5.56 Å². The van der Waals surface area contributed by atoms with E-state index in [1.807, 2.05) is 0 Å². The lowest BCUT2D eigenvalue weighted by molar-refractivity contribution is -0.384. The first kappa shape index (κ1) is 18.5. The number of phenolic OH excluding ortho intramolecular Hbond substituents is 1. The molecule has 0 atom stereocenters. The molecule has 0 bridgehead atoms. The molecule has 1 N–H and O–H groups in total. The van der Waals surface area contributed by atoms with E-state index in [0.717, 1.165) is 34.9 Å². The van der Waals surface area contributed by atoms with E-state index < -0.39 is 15.8 Å². The Morgan fingerprint density at radius 1 is 1.11 bits per heavy atom. The van der Waals surface area contributed by atoms with E-state index in [-0.39, 0.29) is 37.6 Å². The van der Waals surface area contributed by atoms with Gasteiger partial charge in [0.25, 0.3) is 17.3 Å². The quantitative estimate of drug-likeness (QED) is 0.355. The fraction of sp³-hybridized carbons (Fsp3) is 0. The molecule has 0 aromatic heterocycles. The molecule has 27 heavy (non-hydrogen) atoms. The number of anilines is 1. The molecule has 0 aliphatic carbocycles. The number of phenols is 1. The van der Waals surface area contributed by atoms with Crippen molar-refractivity contribution in [3.63, 3.8) is 0 Å². The molecule has 1 fully saturated rings. The van der Waals surface area contributed by atoms with Crippen LogP contribution in [0.4, 0.5) is 17.1 Å². The van der Waals surface area contributed by atoms with Gasteiger partial charge < -0.3 is 5.11 Å². The Balaban J connectivity index is 2.03. The minimum absolute atomic E-state index is 0.0247. The highest BCUT2D eigenvalue weighted by molar-refractivity contribution is 8.27. The summed E-state index contributed by atoms with van der Waals surface area (Å²) >= 11 is 6.05. The van der Waals surface area contributed by atoms with Gasteiger partial charge in [-0.25, -0.2) is 0 Å². The number of non-ortho nitro benzene ring substituents is 1. The fourth-order valence-corrected chi connectivity index (χ4v) is 3.67. The number of rotatable bonds is 4. The maximum atomic E-state index is 12.7. The van der Waals surface area contributed by atoms with Crippen LogP contribution in [0.3, 0.4) is 0 Å². The standard InChI is InChI=1S/C16H9N3O6S2/c20-13-6-5-10(18(22)23)7-9(13)8-14-15(21)17(16(26)27-14)11-3-1-2-4-12(11)19(24)25/h1-8,20H/b14-8-. The lowest BCUT2D eigenvalue weighted by Crippen LogP contribution is -2.28. The molecule has 0 saturated carbocycles. The van der Waals surface area contributed by atoms with Crippen LogP contribution in [-0.2, 0) is 4.79 Å². The number of hydrogen-bond acceptors (Lipinski definition) is 8. The van der Waals surface area contributed by atoms with Crippen molar-refractivity contribution in [3.05, 3.63) is 73.2 Å². The second-order valence-corrected chi connectivity index (χ2v) is 6.94. The van der Waals surface area contributed by atoms with Gasteiger partial charge in [0.05, 0.1) is 14.8 Å². The first-order valence-electron chi connectivity index (χ1n) is 7.28. The first-order chi connectivity index (χ1) is 12.8. The summed E-state index contributed by atoms with van der Waals surface area (Å²) in [6, 6.07) is 9.05. The smallest absolute Gasteiger partial charge is 0.293 e. The number of thiocarbonyl (C=S) groups is 1. The van der Waals surface area contributed by atoms with Crippen molar-refractivity contribution in [1.82, 2.24) is 0 Å². The highest BCUT2D eigenvalue weighted by Gasteiger charge is 2.36. The van der Waals surface area contributed by atoms with Crippen LogP contribution < -0.4 is 4.90 Å². The van der Waals surface area contributed by atoms with Crippen LogP contribution in [0.15, 0.2) is 47.4 Å². The van der Waals surface area contributed by atoms with Gasteiger partial charge in [-0.3, -0.25) is 29.9 Å². The van der Waals surface area contributed by atoms with Gasteiger partial charge in [0.1, 0.15) is 11.4 Å². The monoisotopic (exact) mass is 403 g/mol. The molecule has 0 unspecified atom stereocenters. The molecule has 1 aliphatic rings. The summed E-state index contributed by atoms with van der Waals surface area (Å²) in [7, 11) is 0. The fourth-order valence-electron chi connectivity index (χ4n) is 2.40. The van der Waals surface area contributed by atoms with Gasteiger partial charge in [-0.1, -0.05) is 36.1 Å². The predicted octanol–water partition coefficient (Wildman–Crippen LogP) is 3.61. The highest BCUT2D eigenvalue weighted by atomic mass is 32.2. The van der Waals surface area contributed by atoms with Gasteiger partial charge in [-0.2, -0.15) is 0 Å². The lowest BCUT2D eigenvalue weighted by atomic mass is 10.1. The summed E-state index contributed by atoms with van der Waals surface area (Å²) in [5.41, 5.74) is -0.453. The molecule has 1 heterocycles. The number of aromatic hydroxyl groups is 1. The number of nitrogens with zero attached hydrogens (tertiary/aromatic N) is 3. The minimum atomic E-state index is -0.630.